The molecule has 1 aliphatic carbocycles. The van der Waals surface area contributed by atoms with Crippen LogP contribution in [0.3, 0.4) is 0 Å². The lowest BCUT2D eigenvalue weighted by Crippen LogP contribution is -2.49. The van der Waals surface area contributed by atoms with E-state index in [2.05, 4.69) is 22.2 Å². The van der Waals surface area contributed by atoms with E-state index in [-0.39, 0.29) is 11.3 Å². The van der Waals surface area contributed by atoms with Gasteiger partial charge in [-0.05, 0) is 12.8 Å². The van der Waals surface area contributed by atoms with E-state index in [0.29, 0.717) is 13.1 Å². The van der Waals surface area contributed by atoms with Crippen molar-refractivity contribution in [2.45, 2.75) is 25.7 Å². The van der Waals surface area contributed by atoms with Crippen LogP contribution in [0.15, 0.2) is 17.6 Å². The highest BCUT2D eigenvalue weighted by Crippen LogP contribution is 2.38. The summed E-state index contributed by atoms with van der Waals surface area (Å²) in [7, 11) is 5.38. The number of carbonyl (C=O) groups is 1. The Kier molecular flexibility index (Phi) is 5.86. The lowest BCUT2D eigenvalue weighted by atomic mass is 9.84. The smallest absolute Gasteiger partial charge is 0.230 e. The molecule has 0 saturated heterocycles. The van der Waals surface area contributed by atoms with Crippen molar-refractivity contribution in [2.24, 2.45) is 10.4 Å². The number of hydrogen-bond acceptors (Lipinski definition) is 2. The molecule has 0 aliphatic heterocycles. The van der Waals surface area contributed by atoms with Crippen LogP contribution in [0.1, 0.15) is 25.7 Å². The summed E-state index contributed by atoms with van der Waals surface area (Å²) in [6.45, 7) is 4.96. The van der Waals surface area contributed by atoms with Gasteiger partial charge in [-0.15, -0.1) is 6.58 Å². The molecular formula is C14H26N4O. The Morgan fingerprint density at radius 3 is 2.47 bits per heavy atom. The first-order valence-electron chi connectivity index (χ1n) is 6.83. The summed E-state index contributed by atoms with van der Waals surface area (Å²) in [5, 5.41) is 6.39. The molecule has 0 bridgehead atoms. The highest BCUT2D eigenvalue weighted by molar-refractivity contribution is 5.85. The zero-order chi connectivity index (χ0) is 14.3. The predicted molar refractivity (Wildman–Crippen MR) is 79.2 cm³/mol. The van der Waals surface area contributed by atoms with Crippen molar-refractivity contribution in [3.8, 4) is 0 Å². The molecule has 0 aromatic rings. The molecule has 1 rings (SSSR count). The minimum atomic E-state index is -0.269. The number of nitrogens with zero attached hydrogens (tertiary/aromatic N) is 2. The Labute approximate surface area is 116 Å². The molecule has 0 unspecified atom stereocenters. The van der Waals surface area contributed by atoms with E-state index in [1.165, 1.54) is 0 Å². The second-order valence-electron chi connectivity index (χ2n) is 5.28. The van der Waals surface area contributed by atoms with E-state index < -0.39 is 0 Å². The van der Waals surface area contributed by atoms with Crippen LogP contribution < -0.4 is 10.6 Å². The third-order valence-corrected chi connectivity index (χ3v) is 3.65. The van der Waals surface area contributed by atoms with Crippen LogP contribution in [0, 0.1) is 5.41 Å². The van der Waals surface area contributed by atoms with Gasteiger partial charge in [0.25, 0.3) is 0 Å². The Bertz CT molecular complexity index is 343. The number of aliphatic imine (C=N–C) groups is 1. The zero-order valence-corrected chi connectivity index (χ0v) is 12.3. The fourth-order valence-corrected chi connectivity index (χ4v) is 2.63. The molecule has 2 N–H and O–H groups in total. The molecule has 0 atom stereocenters. The highest BCUT2D eigenvalue weighted by atomic mass is 16.2. The van der Waals surface area contributed by atoms with Crippen LogP contribution in [0.25, 0.3) is 0 Å². The van der Waals surface area contributed by atoms with Gasteiger partial charge in [-0.2, -0.15) is 0 Å². The van der Waals surface area contributed by atoms with E-state index in [9.17, 15) is 4.79 Å². The van der Waals surface area contributed by atoms with Crippen LogP contribution in [0.4, 0.5) is 0 Å². The van der Waals surface area contributed by atoms with Gasteiger partial charge < -0.3 is 15.5 Å². The number of nitrogens with one attached hydrogen (secondary N) is 2. The van der Waals surface area contributed by atoms with Crippen molar-refractivity contribution < 1.29 is 4.79 Å². The SMILES string of the molecule is C=CCNC(=NC)NCC1(C(=O)N(C)C)CCCC1. The topological polar surface area (TPSA) is 56.7 Å². The molecule has 19 heavy (non-hydrogen) atoms. The van der Waals surface area contributed by atoms with Crippen LogP contribution in [0.5, 0.6) is 0 Å². The lowest BCUT2D eigenvalue weighted by molar-refractivity contribution is -0.138. The molecule has 1 aliphatic rings. The van der Waals surface area contributed by atoms with Crippen LogP contribution >= 0.6 is 0 Å². The first-order valence-corrected chi connectivity index (χ1v) is 6.83. The maximum absolute atomic E-state index is 12.4. The summed E-state index contributed by atoms with van der Waals surface area (Å²) in [5.74, 6) is 0.939. The fraction of sp³-hybridized carbons (Fsp3) is 0.714. The molecule has 0 radical (unpaired) electrons. The Hall–Kier alpha value is -1.52. The van der Waals surface area contributed by atoms with E-state index >= 15 is 0 Å². The van der Waals surface area contributed by atoms with Gasteiger partial charge in [0.15, 0.2) is 5.96 Å². The Morgan fingerprint density at radius 2 is 2.00 bits per heavy atom. The molecule has 0 spiro atoms. The summed E-state index contributed by atoms with van der Waals surface area (Å²) in [6, 6.07) is 0. The standard InChI is InChI=1S/C14H26N4O/c1-5-10-16-13(15-2)17-11-14(8-6-7-9-14)12(19)18(3)4/h5H,1,6-11H2,2-4H3,(H2,15,16,17). The molecule has 1 fully saturated rings. The minimum absolute atomic E-state index is 0.219. The van der Waals surface area contributed by atoms with Gasteiger partial charge in [0.1, 0.15) is 0 Å². The molecule has 5 nitrogen and oxygen atoms in total. The summed E-state index contributed by atoms with van der Waals surface area (Å²) in [5.41, 5.74) is -0.269. The highest BCUT2D eigenvalue weighted by Gasteiger charge is 2.41. The third kappa shape index (κ3) is 3.98. The normalized spacial score (nSPS) is 17.9. The molecule has 1 saturated carbocycles. The average Bonchev–Trinajstić information content (AvgIpc) is 2.88. The summed E-state index contributed by atoms with van der Waals surface area (Å²) in [6.07, 6.45) is 5.94. The Balaban J connectivity index is 2.64. The van der Waals surface area contributed by atoms with E-state index in [0.717, 1.165) is 31.6 Å². The molecule has 0 heterocycles. The Morgan fingerprint density at radius 1 is 1.37 bits per heavy atom. The molecule has 1 amide bonds. The van der Waals surface area contributed by atoms with Crippen LogP contribution in [-0.4, -0.2) is 51.0 Å². The fourth-order valence-electron chi connectivity index (χ4n) is 2.63. The minimum Gasteiger partial charge on any atom is -0.355 e. The van der Waals surface area contributed by atoms with Gasteiger partial charge in [0.05, 0.1) is 5.41 Å². The summed E-state index contributed by atoms with van der Waals surface area (Å²) < 4.78 is 0. The van der Waals surface area contributed by atoms with Gasteiger partial charge in [-0.1, -0.05) is 18.9 Å². The predicted octanol–water partition coefficient (Wildman–Crippen LogP) is 0.986. The average molecular weight is 266 g/mol. The second kappa shape index (κ2) is 7.16. The van der Waals surface area contributed by atoms with Crippen molar-refractivity contribution in [1.82, 2.24) is 15.5 Å². The van der Waals surface area contributed by atoms with E-state index in [4.69, 9.17) is 0 Å². The van der Waals surface area contributed by atoms with Crippen molar-refractivity contribution >= 4 is 11.9 Å². The maximum atomic E-state index is 12.4. The second-order valence-corrected chi connectivity index (χ2v) is 5.28. The van der Waals surface area contributed by atoms with Crippen molar-refractivity contribution in [3.63, 3.8) is 0 Å². The van der Waals surface area contributed by atoms with Gasteiger partial charge in [-0.3, -0.25) is 9.79 Å². The van der Waals surface area contributed by atoms with Crippen LogP contribution in [-0.2, 0) is 4.79 Å². The molecular weight excluding hydrogens is 240 g/mol. The van der Waals surface area contributed by atoms with Crippen molar-refractivity contribution in [2.75, 3.05) is 34.2 Å². The lowest BCUT2D eigenvalue weighted by Gasteiger charge is -2.31. The quantitative estimate of drug-likeness (QED) is 0.443. The molecule has 5 heteroatoms. The van der Waals surface area contributed by atoms with Crippen molar-refractivity contribution in [1.29, 1.82) is 0 Å². The molecule has 0 aromatic heterocycles. The zero-order valence-electron chi connectivity index (χ0n) is 12.3. The maximum Gasteiger partial charge on any atom is 0.230 e. The molecule has 0 aromatic carbocycles. The summed E-state index contributed by atoms with van der Waals surface area (Å²) >= 11 is 0. The van der Waals surface area contributed by atoms with Gasteiger partial charge in [-0.25, -0.2) is 0 Å². The van der Waals surface area contributed by atoms with Crippen LogP contribution in [0.2, 0.25) is 0 Å². The molecule has 108 valence electrons. The third-order valence-electron chi connectivity index (χ3n) is 3.65. The first kappa shape index (κ1) is 15.5. The number of amides is 1. The monoisotopic (exact) mass is 266 g/mol. The number of guanidine groups is 1. The van der Waals surface area contributed by atoms with Gasteiger partial charge >= 0.3 is 0 Å². The van der Waals surface area contributed by atoms with E-state index in [1.807, 2.05) is 14.1 Å². The largest absolute Gasteiger partial charge is 0.355 e. The van der Waals surface area contributed by atoms with Crippen molar-refractivity contribution in [3.05, 3.63) is 12.7 Å². The number of rotatable bonds is 5. The van der Waals surface area contributed by atoms with Gasteiger partial charge in [0.2, 0.25) is 5.91 Å². The summed E-state index contributed by atoms with van der Waals surface area (Å²) in [4.78, 5) is 18.2. The first-order chi connectivity index (χ1) is 9.05. The number of carbonyl (C=O) groups excluding carboxylic acids is 1. The number of hydrogen-bond donors (Lipinski definition) is 2. The van der Waals surface area contributed by atoms with Gasteiger partial charge in [0, 0.05) is 34.2 Å². The van der Waals surface area contributed by atoms with E-state index in [1.54, 1.807) is 18.0 Å².